The van der Waals surface area contributed by atoms with Crippen LogP contribution in [-0.4, -0.2) is 23.2 Å². The molecule has 27 heavy (non-hydrogen) atoms. The monoisotopic (exact) mass is 378 g/mol. The number of hydrogen-bond donors (Lipinski definition) is 0. The summed E-state index contributed by atoms with van der Waals surface area (Å²) in [6, 6.07) is 11.5. The summed E-state index contributed by atoms with van der Waals surface area (Å²) in [5.41, 5.74) is 3.28. The van der Waals surface area contributed by atoms with Crippen LogP contribution in [0.25, 0.3) is 10.2 Å². The topological polar surface area (TPSA) is 52.8 Å². The first-order valence-electron chi connectivity index (χ1n) is 8.58. The number of carbonyl (C=O) groups excluding carboxylic acids is 1. The van der Waals surface area contributed by atoms with Gasteiger partial charge in [-0.3, -0.25) is 4.79 Å². The second-order valence-corrected chi connectivity index (χ2v) is 7.43. The summed E-state index contributed by atoms with van der Waals surface area (Å²) in [5.74, 6) is 3.46. The SMILES string of the molecule is C#CCn1c(=NC(=O)[C@@H]2COc3ccccc3O2)sc2cc(C)cc(C)c21. The van der Waals surface area contributed by atoms with E-state index in [4.69, 9.17) is 15.9 Å². The average Bonchev–Trinajstić information content (AvgIpc) is 2.98. The van der Waals surface area contributed by atoms with Gasteiger partial charge in [0.25, 0.3) is 5.91 Å². The fourth-order valence-corrected chi connectivity index (χ4v) is 4.43. The summed E-state index contributed by atoms with van der Waals surface area (Å²) in [4.78, 5) is 17.6. The quantitative estimate of drug-likeness (QED) is 0.644. The Balaban J connectivity index is 1.74. The number of ether oxygens (including phenoxy) is 2. The largest absolute Gasteiger partial charge is 0.485 e. The molecule has 2 aromatic carbocycles. The van der Waals surface area contributed by atoms with Gasteiger partial charge in [0.2, 0.25) is 6.10 Å². The molecule has 0 saturated carbocycles. The molecule has 1 aromatic heterocycles. The number of carbonyl (C=O) groups is 1. The average molecular weight is 378 g/mol. The van der Waals surface area contributed by atoms with Crippen molar-refractivity contribution in [3.8, 4) is 23.8 Å². The second kappa shape index (κ2) is 6.93. The normalized spacial score (nSPS) is 16.3. The minimum absolute atomic E-state index is 0.136. The van der Waals surface area contributed by atoms with E-state index in [1.54, 1.807) is 6.07 Å². The van der Waals surface area contributed by atoms with Crippen LogP contribution in [0.1, 0.15) is 11.1 Å². The van der Waals surface area contributed by atoms with E-state index in [2.05, 4.69) is 23.0 Å². The maximum absolute atomic E-state index is 12.7. The third-order valence-corrected chi connectivity index (χ3v) is 5.38. The number of rotatable bonds is 2. The van der Waals surface area contributed by atoms with E-state index >= 15 is 0 Å². The van der Waals surface area contributed by atoms with Gasteiger partial charge in [-0.25, -0.2) is 0 Å². The Labute approximate surface area is 160 Å². The highest BCUT2D eigenvalue weighted by molar-refractivity contribution is 7.16. The number of para-hydroxylation sites is 2. The predicted molar refractivity (Wildman–Crippen MR) is 105 cm³/mol. The summed E-state index contributed by atoms with van der Waals surface area (Å²) < 4.78 is 14.4. The third-order valence-electron chi connectivity index (χ3n) is 4.35. The molecule has 3 aromatic rings. The number of fused-ring (bicyclic) bond motifs is 2. The molecule has 0 saturated heterocycles. The van der Waals surface area contributed by atoms with E-state index in [1.807, 2.05) is 36.6 Å². The maximum Gasteiger partial charge on any atom is 0.292 e. The molecule has 1 aliphatic rings. The van der Waals surface area contributed by atoms with E-state index in [1.165, 1.54) is 11.3 Å². The Kier molecular flexibility index (Phi) is 4.46. The Morgan fingerprint density at radius 2 is 2.11 bits per heavy atom. The van der Waals surface area contributed by atoms with E-state index in [0.29, 0.717) is 22.8 Å². The first kappa shape index (κ1) is 17.4. The Bertz CT molecular complexity index is 1150. The first-order chi connectivity index (χ1) is 13.1. The van der Waals surface area contributed by atoms with Gasteiger partial charge in [0, 0.05) is 0 Å². The minimum Gasteiger partial charge on any atom is -0.485 e. The van der Waals surface area contributed by atoms with Gasteiger partial charge in [0.1, 0.15) is 6.61 Å². The second-order valence-electron chi connectivity index (χ2n) is 6.42. The highest BCUT2D eigenvalue weighted by atomic mass is 32.1. The minimum atomic E-state index is -0.771. The molecule has 0 aliphatic carbocycles. The van der Waals surface area contributed by atoms with Gasteiger partial charge in [-0.15, -0.1) is 6.42 Å². The lowest BCUT2D eigenvalue weighted by atomic mass is 10.1. The fourth-order valence-electron chi connectivity index (χ4n) is 3.22. The number of thiazole rings is 1. The number of nitrogens with zero attached hydrogens (tertiary/aromatic N) is 2. The smallest absolute Gasteiger partial charge is 0.292 e. The van der Waals surface area contributed by atoms with Crippen molar-refractivity contribution in [2.75, 3.05) is 6.61 Å². The van der Waals surface area contributed by atoms with Crippen molar-refractivity contribution in [3.05, 3.63) is 52.3 Å². The number of terminal acetylenes is 1. The predicted octanol–water partition coefficient (Wildman–Crippen LogP) is 3.22. The molecular weight excluding hydrogens is 360 g/mol. The zero-order valence-corrected chi connectivity index (χ0v) is 15.9. The Morgan fingerprint density at radius 1 is 1.33 bits per heavy atom. The van der Waals surface area contributed by atoms with E-state index in [9.17, 15) is 4.79 Å². The van der Waals surface area contributed by atoms with Crippen molar-refractivity contribution in [3.63, 3.8) is 0 Å². The number of aryl methyl sites for hydroxylation is 2. The van der Waals surface area contributed by atoms with Gasteiger partial charge in [-0.05, 0) is 43.2 Å². The molecule has 5 nitrogen and oxygen atoms in total. The van der Waals surface area contributed by atoms with Crippen LogP contribution in [0.3, 0.4) is 0 Å². The lowest BCUT2D eigenvalue weighted by Crippen LogP contribution is -2.36. The van der Waals surface area contributed by atoms with Gasteiger partial charge < -0.3 is 14.0 Å². The maximum atomic E-state index is 12.7. The summed E-state index contributed by atoms with van der Waals surface area (Å²) in [6.45, 7) is 4.57. The molecular formula is C21H18N2O3S. The van der Waals surface area contributed by atoms with Gasteiger partial charge in [0.05, 0.1) is 16.8 Å². The highest BCUT2D eigenvalue weighted by Gasteiger charge is 2.27. The van der Waals surface area contributed by atoms with Crippen LogP contribution in [-0.2, 0) is 11.3 Å². The van der Waals surface area contributed by atoms with Crippen molar-refractivity contribution in [2.45, 2.75) is 26.5 Å². The fraction of sp³-hybridized carbons (Fsp3) is 0.238. The molecule has 2 heterocycles. The van der Waals surface area contributed by atoms with E-state index < -0.39 is 6.10 Å². The number of benzene rings is 2. The Morgan fingerprint density at radius 3 is 2.89 bits per heavy atom. The van der Waals surface area contributed by atoms with Crippen molar-refractivity contribution >= 4 is 27.5 Å². The van der Waals surface area contributed by atoms with Crippen molar-refractivity contribution in [2.24, 2.45) is 4.99 Å². The summed E-state index contributed by atoms with van der Waals surface area (Å²) in [5, 5.41) is 0. The van der Waals surface area contributed by atoms with Gasteiger partial charge >= 0.3 is 0 Å². The zero-order valence-electron chi connectivity index (χ0n) is 15.1. The van der Waals surface area contributed by atoms with Crippen LogP contribution >= 0.6 is 11.3 Å². The molecule has 0 fully saturated rings. The van der Waals surface area contributed by atoms with Crippen LogP contribution in [0.5, 0.6) is 11.5 Å². The number of hydrogen-bond acceptors (Lipinski definition) is 4. The lowest BCUT2D eigenvalue weighted by molar-refractivity contribution is -0.127. The molecule has 0 unspecified atom stereocenters. The van der Waals surface area contributed by atoms with Crippen LogP contribution in [0.15, 0.2) is 41.4 Å². The number of amides is 1. The molecule has 1 aliphatic heterocycles. The molecule has 0 spiro atoms. The molecule has 1 atom stereocenters. The van der Waals surface area contributed by atoms with Crippen LogP contribution in [0.2, 0.25) is 0 Å². The molecule has 6 heteroatoms. The summed E-state index contributed by atoms with van der Waals surface area (Å²) >= 11 is 1.45. The molecule has 0 bridgehead atoms. The molecule has 1 amide bonds. The number of aromatic nitrogens is 1. The summed E-state index contributed by atoms with van der Waals surface area (Å²) in [6.07, 6.45) is 4.78. The first-order valence-corrected chi connectivity index (χ1v) is 9.39. The highest BCUT2D eigenvalue weighted by Crippen LogP contribution is 2.31. The van der Waals surface area contributed by atoms with E-state index in [0.717, 1.165) is 21.3 Å². The molecule has 136 valence electrons. The zero-order chi connectivity index (χ0) is 19.0. The van der Waals surface area contributed by atoms with Crippen molar-refractivity contribution < 1.29 is 14.3 Å². The van der Waals surface area contributed by atoms with Crippen LogP contribution in [0, 0.1) is 26.2 Å². The van der Waals surface area contributed by atoms with Gasteiger partial charge in [-0.2, -0.15) is 4.99 Å². The van der Waals surface area contributed by atoms with Crippen LogP contribution in [0.4, 0.5) is 0 Å². The van der Waals surface area contributed by atoms with Crippen molar-refractivity contribution in [1.29, 1.82) is 0 Å². The van der Waals surface area contributed by atoms with Gasteiger partial charge in [-0.1, -0.05) is 35.5 Å². The third kappa shape index (κ3) is 3.22. The standard InChI is InChI=1S/C21H18N2O3S/c1-4-9-23-19-14(3)10-13(2)11-18(19)27-21(23)22-20(24)17-12-25-15-7-5-6-8-16(15)26-17/h1,5-8,10-11,17H,9,12H2,2-3H3/t17-/m0/s1. The van der Waals surface area contributed by atoms with Crippen LogP contribution < -0.4 is 14.3 Å². The molecule has 4 rings (SSSR count). The van der Waals surface area contributed by atoms with Gasteiger partial charge in [0.15, 0.2) is 16.3 Å². The Hall–Kier alpha value is -3.04. The lowest BCUT2D eigenvalue weighted by Gasteiger charge is -2.23. The van der Waals surface area contributed by atoms with Crippen molar-refractivity contribution in [1.82, 2.24) is 4.57 Å². The molecule has 0 N–H and O–H groups in total. The molecule has 0 radical (unpaired) electrons. The summed E-state index contributed by atoms with van der Waals surface area (Å²) in [7, 11) is 0. The van der Waals surface area contributed by atoms with E-state index in [-0.39, 0.29) is 12.5 Å².